The number of anilines is 2. The predicted octanol–water partition coefficient (Wildman–Crippen LogP) is 1.51. The molecule has 0 radical (unpaired) electrons. The van der Waals surface area contributed by atoms with E-state index in [0.29, 0.717) is 12.0 Å². The van der Waals surface area contributed by atoms with Gasteiger partial charge in [-0.15, -0.1) is 10.2 Å². The van der Waals surface area contributed by atoms with Crippen LogP contribution < -0.4 is 9.80 Å². The Morgan fingerprint density at radius 2 is 2.04 bits per heavy atom. The van der Waals surface area contributed by atoms with Gasteiger partial charge in [0.05, 0.1) is 6.54 Å². The molecular weight excluding hydrogens is 318 g/mol. The van der Waals surface area contributed by atoms with E-state index >= 15 is 0 Å². The SMILES string of the molecule is CN(C)c1ccnc(N(C)C2CCN(Cc3nnc(C4CC4)o3)C2)n1. The topological polar surface area (TPSA) is 74.4 Å². The van der Waals surface area contributed by atoms with Gasteiger partial charge < -0.3 is 14.2 Å². The van der Waals surface area contributed by atoms with Gasteiger partial charge in [-0.1, -0.05) is 0 Å². The summed E-state index contributed by atoms with van der Waals surface area (Å²) in [5.74, 6) is 3.75. The van der Waals surface area contributed by atoms with Crippen molar-refractivity contribution in [2.45, 2.75) is 37.8 Å². The van der Waals surface area contributed by atoms with Crippen LogP contribution in [-0.4, -0.2) is 65.3 Å². The van der Waals surface area contributed by atoms with E-state index in [2.05, 4.69) is 37.0 Å². The third kappa shape index (κ3) is 3.58. The monoisotopic (exact) mass is 343 g/mol. The molecule has 0 amide bonds. The first kappa shape index (κ1) is 16.3. The predicted molar refractivity (Wildman–Crippen MR) is 94.7 cm³/mol. The van der Waals surface area contributed by atoms with E-state index in [1.807, 2.05) is 31.3 Å². The van der Waals surface area contributed by atoms with E-state index in [1.54, 1.807) is 0 Å². The highest BCUT2D eigenvalue weighted by molar-refractivity contribution is 5.42. The Morgan fingerprint density at radius 1 is 1.20 bits per heavy atom. The van der Waals surface area contributed by atoms with Crippen LogP contribution in [0.3, 0.4) is 0 Å². The summed E-state index contributed by atoms with van der Waals surface area (Å²) >= 11 is 0. The third-order valence-corrected chi connectivity index (χ3v) is 4.96. The van der Waals surface area contributed by atoms with Gasteiger partial charge in [-0.2, -0.15) is 4.98 Å². The maximum Gasteiger partial charge on any atom is 0.230 e. The second kappa shape index (κ2) is 6.59. The normalized spacial score (nSPS) is 20.8. The number of nitrogens with zero attached hydrogens (tertiary/aromatic N) is 7. The lowest BCUT2D eigenvalue weighted by molar-refractivity contribution is 0.282. The molecule has 2 aromatic rings. The van der Waals surface area contributed by atoms with Gasteiger partial charge in [-0.3, -0.25) is 4.90 Å². The number of rotatable bonds is 6. The zero-order valence-electron chi connectivity index (χ0n) is 15.1. The van der Waals surface area contributed by atoms with Crippen molar-refractivity contribution >= 4 is 11.8 Å². The summed E-state index contributed by atoms with van der Waals surface area (Å²) in [6.07, 6.45) is 5.27. The van der Waals surface area contributed by atoms with Crippen LogP contribution in [0.15, 0.2) is 16.7 Å². The van der Waals surface area contributed by atoms with Crippen molar-refractivity contribution in [3.05, 3.63) is 24.0 Å². The minimum Gasteiger partial charge on any atom is -0.424 e. The van der Waals surface area contributed by atoms with E-state index in [4.69, 9.17) is 4.42 Å². The largest absolute Gasteiger partial charge is 0.424 e. The van der Waals surface area contributed by atoms with Crippen LogP contribution in [-0.2, 0) is 6.54 Å². The van der Waals surface area contributed by atoms with Crippen LogP contribution in [0.2, 0.25) is 0 Å². The molecule has 1 aliphatic heterocycles. The maximum absolute atomic E-state index is 5.78. The molecule has 2 aliphatic rings. The molecule has 8 nitrogen and oxygen atoms in total. The number of likely N-dealkylation sites (N-methyl/N-ethyl adjacent to an activating group) is 1. The van der Waals surface area contributed by atoms with Crippen molar-refractivity contribution in [2.24, 2.45) is 0 Å². The summed E-state index contributed by atoms with van der Waals surface area (Å²) < 4.78 is 5.78. The van der Waals surface area contributed by atoms with Gasteiger partial charge in [0.25, 0.3) is 0 Å². The maximum atomic E-state index is 5.78. The Balaban J connectivity index is 1.36. The number of likely N-dealkylation sites (tertiary alicyclic amines) is 1. The first-order valence-electron chi connectivity index (χ1n) is 8.88. The molecule has 2 fully saturated rings. The van der Waals surface area contributed by atoms with Crippen molar-refractivity contribution in [1.82, 2.24) is 25.1 Å². The zero-order valence-corrected chi connectivity index (χ0v) is 15.1. The molecule has 1 saturated carbocycles. The van der Waals surface area contributed by atoms with Crippen LogP contribution in [0.4, 0.5) is 11.8 Å². The van der Waals surface area contributed by atoms with Crippen LogP contribution in [0.25, 0.3) is 0 Å². The van der Waals surface area contributed by atoms with E-state index in [1.165, 1.54) is 12.8 Å². The van der Waals surface area contributed by atoms with Crippen LogP contribution in [0, 0.1) is 0 Å². The number of hydrogen-bond donors (Lipinski definition) is 0. The first-order valence-corrected chi connectivity index (χ1v) is 8.88. The fourth-order valence-electron chi connectivity index (χ4n) is 3.21. The smallest absolute Gasteiger partial charge is 0.230 e. The summed E-state index contributed by atoms with van der Waals surface area (Å²) in [6.45, 7) is 2.69. The van der Waals surface area contributed by atoms with Gasteiger partial charge in [-0.05, 0) is 25.3 Å². The summed E-state index contributed by atoms with van der Waals surface area (Å²) in [4.78, 5) is 15.6. The van der Waals surface area contributed by atoms with E-state index in [-0.39, 0.29) is 0 Å². The molecule has 25 heavy (non-hydrogen) atoms. The molecule has 134 valence electrons. The van der Waals surface area contributed by atoms with Gasteiger partial charge in [0, 0.05) is 52.4 Å². The standard InChI is InChI=1S/C17H25N7O/c1-22(2)14-6-8-18-17(19-14)23(3)13-7-9-24(10-13)11-15-20-21-16(25-15)12-4-5-12/h6,8,12-13H,4-5,7,9-11H2,1-3H3. The Hall–Kier alpha value is -2.22. The second-order valence-electron chi connectivity index (χ2n) is 7.21. The van der Waals surface area contributed by atoms with Gasteiger partial charge in [-0.25, -0.2) is 4.98 Å². The molecule has 0 bridgehead atoms. The molecule has 3 heterocycles. The Kier molecular flexibility index (Phi) is 4.29. The minimum absolute atomic E-state index is 0.392. The second-order valence-corrected chi connectivity index (χ2v) is 7.21. The lowest BCUT2D eigenvalue weighted by Crippen LogP contribution is -2.35. The van der Waals surface area contributed by atoms with Gasteiger partial charge in [0.1, 0.15) is 5.82 Å². The Labute approximate surface area is 147 Å². The lowest BCUT2D eigenvalue weighted by Gasteiger charge is -2.25. The summed E-state index contributed by atoms with van der Waals surface area (Å²) in [6, 6.07) is 2.31. The molecule has 0 aromatic carbocycles. The van der Waals surface area contributed by atoms with Gasteiger partial charge in [0.2, 0.25) is 17.7 Å². The van der Waals surface area contributed by atoms with Crippen molar-refractivity contribution < 1.29 is 4.42 Å². The van der Waals surface area contributed by atoms with Crippen LogP contribution >= 0.6 is 0 Å². The summed E-state index contributed by atoms with van der Waals surface area (Å²) in [5.41, 5.74) is 0. The highest BCUT2D eigenvalue weighted by Gasteiger charge is 2.31. The molecule has 1 aliphatic carbocycles. The van der Waals surface area contributed by atoms with Crippen molar-refractivity contribution in [3.8, 4) is 0 Å². The number of aromatic nitrogens is 4. The molecule has 4 rings (SSSR count). The molecule has 8 heteroatoms. The van der Waals surface area contributed by atoms with E-state index < -0.39 is 0 Å². The van der Waals surface area contributed by atoms with Crippen molar-refractivity contribution in [3.63, 3.8) is 0 Å². The van der Waals surface area contributed by atoms with Crippen molar-refractivity contribution in [1.29, 1.82) is 0 Å². The molecule has 1 saturated heterocycles. The average Bonchev–Trinajstić information content (AvgIpc) is 3.19. The Morgan fingerprint density at radius 3 is 2.80 bits per heavy atom. The van der Waals surface area contributed by atoms with Crippen molar-refractivity contribution in [2.75, 3.05) is 44.0 Å². The van der Waals surface area contributed by atoms with E-state index in [9.17, 15) is 0 Å². The van der Waals surface area contributed by atoms with E-state index in [0.717, 1.165) is 49.6 Å². The molecular formula is C17H25N7O. The average molecular weight is 343 g/mol. The van der Waals surface area contributed by atoms with Crippen LogP contribution in [0.1, 0.15) is 37.0 Å². The number of hydrogen-bond acceptors (Lipinski definition) is 8. The fraction of sp³-hybridized carbons (Fsp3) is 0.647. The molecule has 1 unspecified atom stereocenters. The quantitative estimate of drug-likeness (QED) is 0.781. The highest BCUT2D eigenvalue weighted by atomic mass is 16.4. The fourth-order valence-corrected chi connectivity index (χ4v) is 3.21. The van der Waals surface area contributed by atoms with Gasteiger partial charge in [0.15, 0.2) is 0 Å². The lowest BCUT2D eigenvalue weighted by atomic mass is 10.2. The molecule has 1 atom stereocenters. The summed E-state index contributed by atoms with van der Waals surface area (Å²) in [5, 5.41) is 8.37. The zero-order chi connectivity index (χ0) is 17.4. The third-order valence-electron chi connectivity index (χ3n) is 4.96. The van der Waals surface area contributed by atoms with Crippen LogP contribution in [0.5, 0.6) is 0 Å². The summed E-state index contributed by atoms with van der Waals surface area (Å²) in [7, 11) is 6.05. The molecule has 2 aromatic heterocycles. The first-order chi connectivity index (χ1) is 12.1. The Bertz CT molecular complexity index is 727. The minimum atomic E-state index is 0.392. The highest BCUT2D eigenvalue weighted by Crippen LogP contribution is 2.39. The van der Waals surface area contributed by atoms with Gasteiger partial charge >= 0.3 is 0 Å². The molecule has 0 spiro atoms. The molecule has 0 N–H and O–H groups in total.